The number of hydrogen-bond acceptors (Lipinski definition) is 2. The number of carbonyl (C=O) groups is 1. The molecule has 6 fully saturated rings. The minimum absolute atomic E-state index is 0.549. The molecule has 0 aromatic rings. The molecule has 12 atom stereocenters. The molecule has 0 saturated heterocycles. The van der Waals surface area contributed by atoms with Crippen LogP contribution in [0.1, 0.15) is 213 Å². The highest BCUT2D eigenvalue weighted by Crippen LogP contribution is 2.59. The second-order valence-corrected chi connectivity index (χ2v) is 21.3. The van der Waals surface area contributed by atoms with E-state index in [0.717, 1.165) is 96.8 Å². The van der Waals surface area contributed by atoms with E-state index in [0.29, 0.717) is 11.7 Å². The summed E-state index contributed by atoms with van der Waals surface area (Å²) in [5.74, 6) is 14.5. The number of hydrogen-bond donors (Lipinski definition) is 0. The Kier molecular flexibility index (Phi) is 16.9. The lowest BCUT2D eigenvalue weighted by Gasteiger charge is -2.17. The van der Waals surface area contributed by atoms with E-state index < -0.39 is 0 Å². The van der Waals surface area contributed by atoms with Gasteiger partial charge in [0, 0.05) is 12.8 Å². The van der Waals surface area contributed by atoms with Gasteiger partial charge in [-0.1, -0.05) is 129 Å². The zero-order valence-corrected chi connectivity index (χ0v) is 35.5. The van der Waals surface area contributed by atoms with Gasteiger partial charge < -0.3 is 4.90 Å². The van der Waals surface area contributed by atoms with E-state index in [4.69, 9.17) is 0 Å². The van der Waals surface area contributed by atoms with Crippen LogP contribution in [0.2, 0.25) is 0 Å². The highest BCUT2D eigenvalue weighted by atomic mass is 16.1. The summed E-state index contributed by atoms with van der Waals surface area (Å²) in [5.41, 5.74) is 0. The molecule has 2 heteroatoms. The zero-order valence-electron chi connectivity index (χ0n) is 35.5. The molecule has 6 aliphatic carbocycles. The molecule has 0 aromatic heterocycles. The van der Waals surface area contributed by atoms with Crippen LogP contribution in [0.4, 0.5) is 0 Å². The summed E-state index contributed by atoms with van der Waals surface area (Å²) >= 11 is 0. The van der Waals surface area contributed by atoms with E-state index >= 15 is 0 Å². The fraction of sp³-hybridized carbons (Fsp3) is 0.980. The van der Waals surface area contributed by atoms with Gasteiger partial charge in [0.2, 0.25) is 0 Å². The first kappa shape index (κ1) is 41.3. The van der Waals surface area contributed by atoms with Crippen molar-refractivity contribution < 1.29 is 4.79 Å². The molecule has 12 unspecified atom stereocenters. The highest BCUT2D eigenvalue weighted by molar-refractivity contribution is 5.78. The second kappa shape index (κ2) is 21.2. The van der Waals surface area contributed by atoms with Crippen molar-refractivity contribution in [1.82, 2.24) is 4.90 Å². The van der Waals surface area contributed by atoms with Crippen LogP contribution in [-0.4, -0.2) is 31.3 Å². The molecular formula is C50H89NO. The van der Waals surface area contributed by atoms with Crippen LogP contribution in [0, 0.1) is 76.9 Å². The van der Waals surface area contributed by atoms with Crippen molar-refractivity contribution in [2.75, 3.05) is 20.6 Å². The monoisotopic (exact) mass is 720 g/mol. The zero-order chi connectivity index (χ0) is 36.3. The average Bonchev–Trinajstić information content (AvgIpc) is 3.87. The summed E-state index contributed by atoms with van der Waals surface area (Å²) in [6.45, 7) is 5.72. The largest absolute Gasteiger partial charge is 0.309 e. The summed E-state index contributed by atoms with van der Waals surface area (Å²) < 4.78 is 0. The maximum Gasteiger partial charge on any atom is 0.133 e. The van der Waals surface area contributed by atoms with E-state index in [1.165, 1.54) is 116 Å². The van der Waals surface area contributed by atoms with Gasteiger partial charge in [-0.2, -0.15) is 0 Å². The SMILES string of the molecule is CCCCCC1CC1CC1CC1CC1CC1CCCCCC(CCCCCC1CC1CC1CC1CC1CC1CCCCC)CC(=O)CCCN(C)C. The Bertz CT molecular complexity index is 954. The van der Waals surface area contributed by atoms with Crippen LogP contribution in [0.25, 0.3) is 0 Å². The van der Waals surface area contributed by atoms with Crippen molar-refractivity contribution in [1.29, 1.82) is 0 Å². The fourth-order valence-electron chi connectivity index (χ4n) is 11.9. The number of unbranched alkanes of at least 4 members (excludes halogenated alkanes) is 8. The first-order valence-electron chi connectivity index (χ1n) is 24.6. The molecule has 0 bridgehead atoms. The Morgan fingerprint density at radius 3 is 1.17 bits per heavy atom. The van der Waals surface area contributed by atoms with E-state index in [1.807, 2.05) is 0 Å². The summed E-state index contributed by atoms with van der Waals surface area (Å²) in [5, 5.41) is 0. The third kappa shape index (κ3) is 15.3. The van der Waals surface area contributed by atoms with Gasteiger partial charge in [-0.15, -0.1) is 0 Å². The lowest BCUT2D eigenvalue weighted by molar-refractivity contribution is -0.120. The number of Topliss-reactive ketones (excluding diaryl/α,β-unsaturated/α-hetero) is 1. The standard InChI is InChI=1S/C50H89NO/c1-5-7-11-20-38-27-42(38)31-46-35-48(46)33-44-29-40(44)22-15-9-13-18-37(26-50(52)24-17-25-51(3)4)19-14-10-16-23-41-30-45(41)34-49-36-47(49)32-43-28-39(43)21-12-8-6-2/h37-49H,5-36H2,1-4H3. The molecular weight excluding hydrogens is 631 g/mol. The number of rotatable bonds is 34. The Morgan fingerprint density at radius 1 is 0.462 bits per heavy atom. The molecule has 6 rings (SSSR count). The smallest absolute Gasteiger partial charge is 0.133 e. The van der Waals surface area contributed by atoms with Crippen molar-refractivity contribution in [2.24, 2.45) is 76.9 Å². The summed E-state index contributed by atoms with van der Waals surface area (Å²) in [6.07, 6.45) is 44.3. The van der Waals surface area contributed by atoms with Gasteiger partial charge in [-0.25, -0.2) is 0 Å². The third-order valence-electron chi connectivity index (χ3n) is 16.1. The minimum Gasteiger partial charge on any atom is -0.309 e. The molecule has 0 aliphatic heterocycles. The Hall–Kier alpha value is -0.370. The molecule has 6 aliphatic rings. The van der Waals surface area contributed by atoms with E-state index in [2.05, 4.69) is 32.8 Å². The summed E-state index contributed by atoms with van der Waals surface area (Å²) in [4.78, 5) is 15.2. The van der Waals surface area contributed by atoms with Crippen LogP contribution in [-0.2, 0) is 4.79 Å². The molecule has 0 N–H and O–H groups in total. The Morgan fingerprint density at radius 2 is 0.808 bits per heavy atom. The topological polar surface area (TPSA) is 20.3 Å². The van der Waals surface area contributed by atoms with Crippen LogP contribution in [0.3, 0.4) is 0 Å². The number of ketones is 1. The number of carbonyl (C=O) groups excluding carboxylic acids is 1. The molecule has 0 radical (unpaired) electrons. The lowest BCUT2D eigenvalue weighted by Crippen LogP contribution is -2.15. The maximum atomic E-state index is 13.0. The predicted octanol–water partition coefficient (Wildman–Crippen LogP) is 14.3. The summed E-state index contributed by atoms with van der Waals surface area (Å²) in [6, 6.07) is 0. The molecule has 0 spiro atoms. The molecule has 52 heavy (non-hydrogen) atoms. The molecule has 2 nitrogen and oxygen atoms in total. The third-order valence-corrected chi connectivity index (χ3v) is 16.1. The van der Waals surface area contributed by atoms with Crippen molar-refractivity contribution in [2.45, 2.75) is 213 Å². The minimum atomic E-state index is 0.549. The Balaban J connectivity index is 0.767. The lowest BCUT2D eigenvalue weighted by atomic mass is 9.89. The van der Waals surface area contributed by atoms with E-state index in [-0.39, 0.29) is 0 Å². The molecule has 0 amide bonds. The van der Waals surface area contributed by atoms with E-state index in [1.54, 1.807) is 64.2 Å². The molecule has 6 saturated carbocycles. The van der Waals surface area contributed by atoms with Crippen molar-refractivity contribution in [3.63, 3.8) is 0 Å². The van der Waals surface area contributed by atoms with Gasteiger partial charge in [-0.3, -0.25) is 4.79 Å². The average molecular weight is 720 g/mol. The first-order valence-corrected chi connectivity index (χ1v) is 24.6. The van der Waals surface area contributed by atoms with Gasteiger partial charge in [-0.05, 0) is 168 Å². The van der Waals surface area contributed by atoms with Crippen LogP contribution >= 0.6 is 0 Å². The fourth-order valence-corrected chi connectivity index (χ4v) is 11.9. The Labute approximate surface area is 325 Å². The van der Waals surface area contributed by atoms with Crippen molar-refractivity contribution >= 4 is 5.78 Å². The second-order valence-electron chi connectivity index (χ2n) is 21.3. The maximum absolute atomic E-state index is 13.0. The van der Waals surface area contributed by atoms with Gasteiger partial charge in [0.05, 0.1) is 0 Å². The highest BCUT2D eigenvalue weighted by Gasteiger charge is 2.49. The quantitative estimate of drug-likeness (QED) is 0.0617. The molecule has 300 valence electrons. The van der Waals surface area contributed by atoms with Crippen molar-refractivity contribution in [3.05, 3.63) is 0 Å². The normalized spacial score (nSPS) is 35.9. The van der Waals surface area contributed by atoms with Crippen LogP contribution < -0.4 is 0 Å². The van der Waals surface area contributed by atoms with Crippen LogP contribution in [0.5, 0.6) is 0 Å². The van der Waals surface area contributed by atoms with Gasteiger partial charge in [0.25, 0.3) is 0 Å². The molecule has 0 aromatic carbocycles. The van der Waals surface area contributed by atoms with Gasteiger partial charge in [0.1, 0.15) is 5.78 Å². The number of nitrogens with zero attached hydrogens (tertiary/aromatic N) is 1. The van der Waals surface area contributed by atoms with E-state index in [9.17, 15) is 4.79 Å². The van der Waals surface area contributed by atoms with Gasteiger partial charge >= 0.3 is 0 Å². The van der Waals surface area contributed by atoms with Gasteiger partial charge in [0.15, 0.2) is 0 Å². The predicted molar refractivity (Wildman–Crippen MR) is 223 cm³/mol. The summed E-state index contributed by atoms with van der Waals surface area (Å²) in [7, 11) is 4.26. The molecule has 0 heterocycles. The van der Waals surface area contributed by atoms with Crippen molar-refractivity contribution in [3.8, 4) is 0 Å². The van der Waals surface area contributed by atoms with Crippen LogP contribution in [0.15, 0.2) is 0 Å². The first-order chi connectivity index (χ1) is 25.4.